The standard InChI is InChI=1S/C30H37N5O5.2ClH/c1-21-6-4-7-24-27(31)25-8-5-9-26(29(25)33-28(21)24)30(36)32-14-15-35(16-18-39-2,17-19-40-3)20-22-10-12-23(13-11-22)34(37)38;;/h4-13,34,37H,14-20H2,1-3H3,(H2-,31,32,33,36);2*1H/p+1. The molecule has 3 aromatic carbocycles. The summed E-state index contributed by atoms with van der Waals surface area (Å²) in [6, 6.07) is 18.3. The number of methoxy groups -OCH3 is 2. The molecule has 0 fully saturated rings. The maximum absolute atomic E-state index is 13.5. The van der Waals surface area contributed by atoms with Crippen molar-refractivity contribution in [3.63, 3.8) is 0 Å². The fraction of sp³-hybridized carbons (Fsp3) is 0.333. The van der Waals surface area contributed by atoms with Gasteiger partial charge in [0.25, 0.3) is 5.91 Å². The summed E-state index contributed by atoms with van der Waals surface area (Å²) in [7, 11) is 3.33. The number of carbonyl (C=O) groups excluding carboxylic acids is 1. The number of hydrogen-bond acceptors (Lipinski definition) is 7. The van der Waals surface area contributed by atoms with Gasteiger partial charge in [0.2, 0.25) is 0 Å². The Labute approximate surface area is 258 Å². The van der Waals surface area contributed by atoms with E-state index < -0.39 is 5.23 Å². The minimum atomic E-state index is -0.957. The summed E-state index contributed by atoms with van der Waals surface area (Å²) >= 11 is 0. The number of aryl methyl sites for hydroxylation is 1. The van der Waals surface area contributed by atoms with Crippen molar-refractivity contribution in [2.75, 3.05) is 59.3 Å². The van der Waals surface area contributed by atoms with Crippen LogP contribution in [0, 0.1) is 12.1 Å². The van der Waals surface area contributed by atoms with E-state index in [1.807, 2.05) is 49.4 Å². The van der Waals surface area contributed by atoms with Gasteiger partial charge in [-0.25, -0.2) is 10.2 Å². The second-order valence-electron chi connectivity index (χ2n) is 10.1. The number of halogens is 2. The molecule has 0 saturated heterocycles. The lowest BCUT2D eigenvalue weighted by Gasteiger charge is -2.38. The third kappa shape index (κ3) is 8.06. The number of fused-ring (bicyclic) bond motifs is 2. The molecule has 1 amide bonds. The number of nitrogen functional groups attached to an aromatic ring is 1. The first-order valence-corrected chi connectivity index (χ1v) is 13.3. The molecule has 12 heteroatoms. The van der Waals surface area contributed by atoms with Crippen molar-refractivity contribution < 1.29 is 29.2 Å². The molecule has 0 saturated carbocycles. The molecule has 1 atom stereocenters. The number of nitrogens with zero attached hydrogens (tertiary/aromatic N) is 2. The molecule has 5 N–H and O–H groups in total. The van der Waals surface area contributed by atoms with Gasteiger partial charge < -0.3 is 30.2 Å². The predicted octanol–water partition coefficient (Wildman–Crippen LogP) is 3.57. The summed E-state index contributed by atoms with van der Waals surface area (Å²) in [6.07, 6.45) is 0. The smallest absolute Gasteiger partial charge is 0.253 e. The van der Waals surface area contributed by atoms with Crippen LogP contribution in [0.2, 0.25) is 0 Å². The fourth-order valence-corrected chi connectivity index (χ4v) is 5.13. The largest absolute Gasteiger partial charge is 0.595 e. The summed E-state index contributed by atoms with van der Waals surface area (Å²) in [5.74, 6) is -0.215. The van der Waals surface area contributed by atoms with Crippen LogP contribution in [0.4, 0.5) is 11.4 Å². The predicted molar refractivity (Wildman–Crippen MR) is 170 cm³/mol. The number of rotatable bonds is 13. The lowest BCUT2D eigenvalue weighted by Crippen LogP contribution is -2.99. The van der Waals surface area contributed by atoms with E-state index in [1.165, 1.54) is 0 Å². The van der Waals surface area contributed by atoms with Crippen molar-refractivity contribution in [2.24, 2.45) is 0 Å². The number of amides is 1. The summed E-state index contributed by atoms with van der Waals surface area (Å²) in [5.41, 5.74) is 11.2. The van der Waals surface area contributed by atoms with Gasteiger partial charge in [0.15, 0.2) is 5.69 Å². The zero-order chi connectivity index (χ0) is 28.7. The molecular weight excluding hydrogens is 581 g/mol. The van der Waals surface area contributed by atoms with E-state index in [1.54, 1.807) is 32.4 Å². The molecule has 10 nitrogen and oxygen atoms in total. The second kappa shape index (κ2) is 16.0. The highest BCUT2D eigenvalue weighted by molar-refractivity contribution is 6.13. The third-order valence-electron chi connectivity index (χ3n) is 7.45. The molecular formula is C30H40Cl2N5O5+. The zero-order valence-electron chi connectivity index (χ0n) is 24.1. The summed E-state index contributed by atoms with van der Waals surface area (Å²) in [4.78, 5) is 18.3. The molecule has 228 valence electrons. The fourth-order valence-electron chi connectivity index (χ4n) is 5.13. The van der Waals surface area contributed by atoms with E-state index in [4.69, 9.17) is 20.2 Å². The first kappa shape index (κ1) is 35.1. The topological polar surface area (TPSA) is 134 Å². The van der Waals surface area contributed by atoms with Gasteiger partial charge in [0.05, 0.1) is 48.6 Å². The van der Waals surface area contributed by atoms with Gasteiger partial charge in [0.1, 0.15) is 19.6 Å². The number of nitrogens with two attached hydrogens (primary N) is 1. The van der Waals surface area contributed by atoms with Gasteiger partial charge in [-0.1, -0.05) is 30.3 Å². The Hall–Kier alpha value is -3.06. The maximum Gasteiger partial charge on any atom is 0.253 e. The maximum atomic E-state index is 13.5. The Balaban J connectivity index is 0.00000308. The molecule has 42 heavy (non-hydrogen) atoms. The van der Waals surface area contributed by atoms with Crippen LogP contribution in [0.25, 0.3) is 21.8 Å². The Bertz CT molecular complexity index is 1460. The van der Waals surface area contributed by atoms with Crippen LogP contribution < -0.4 is 16.3 Å². The number of nitrogens with one attached hydrogen (secondary N) is 2. The first-order chi connectivity index (χ1) is 19.3. The number of anilines is 1. The van der Waals surface area contributed by atoms with Gasteiger partial charge in [-0.2, -0.15) is 5.23 Å². The second-order valence-corrected chi connectivity index (χ2v) is 10.1. The highest BCUT2D eigenvalue weighted by Crippen LogP contribution is 2.31. The van der Waals surface area contributed by atoms with Crippen LogP contribution in [0.1, 0.15) is 21.5 Å². The Morgan fingerprint density at radius 2 is 1.55 bits per heavy atom. The summed E-state index contributed by atoms with van der Waals surface area (Å²) in [6.45, 7) is 6.13. The third-order valence-corrected chi connectivity index (χ3v) is 7.45. The average molecular weight is 622 g/mol. The van der Waals surface area contributed by atoms with Gasteiger partial charge in [-0.3, -0.25) is 4.79 Å². The number of hydrogen-bond donors (Lipinski definition) is 4. The van der Waals surface area contributed by atoms with Crippen molar-refractivity contribution >= 4 is 63.9 Å². The van der Waals surface area contributed by atoms with Gasteiger partial charge in [0, 0.05) is 42.7 Å². The van der Waals surface area contributed by atoms with Crippen LogP contribution >= 0.6 is 24.8 Å². The van der Waals surface area contributed by atoms with Crippen LogP contribution in [-0.4, -0.2) is 74.2 Å². The van der Waals surface area contributed by atoms with E-state index in [0.29, 0.717) is 67.2 Å². The molecule has 0 aliphatic rings. The Kier molecular flexibility index (Phi) is 13.4. The average Bonchev–Trinajstić information content (AvgIpc) is 2.95. The van der Waals surface area contributed by atoms with Crippen LogP contribution in [-0.2, 0) is 16.0 Å². The lowest BCUT2D eigenvalue weighted by molar-refractivity contribution is -0.991. The van der Waals surface area contributed by atoms with Crippen molar-refractivity contribution in [1.29, 1.82) is 0 Å². The van der Waals surface area contributed by atoms with Crippen molar-refractivity contribution in [2.45, 2.75) is 13.5 Å². The van der Waals surface area contributed by atoms with E-state index in [-0.39, 0.29) is 36.4 Å². The minimum absolute atomic E-state index is 0. The van der Waals surface area contributed by atoms with Gasteiger partial charge in [-0.15, -0.1) is 24.8 Å². The molecule has 1 unspecified atom stereocenters. The van der Waals surface area contributed by atoms with E-state index in [0.717, 1.165) is 27.4 Å². The minimum Gasteiger partial charge on any atom is -0.595 e. The number of carbonyl (C=O) groups is 1. The van der Waals surface area contributed by atoms with Crippen LogP contribution in [0.15, 0.2) is 60.7 Å². The molecule has 4 aromatic rings. The number of pyridine rings is 1. The lowest BCUT2D eigenvalue weighted by atomic mass is 10.0. The normalized spacial score (nSPS) is 12.0. The quantitative estimate of drug-likeness (QED) is 0.102. The van der Waals surface area contributed by atoms with E-state index in [2.05, 4.69) is 5.32 Å². The van der Waals surface area contributed by atoms with Crippen molar-refractivity contribution in [3.8, 4) is 0 Å². The zero-order valence-corrected chi connectivity index (χ0v) is 25.7. The highest BCUT2D eigenvalue weighted by atomic mass is 35.5. The number of para-hydroxylation sites is 2. The summed E-state index contributed by atoms with van der Waals surface area (Å²) in [5, 5.41) is 24.3. The molecule has 1 heterocycles. The Morgan fingerprint density at radius 3 is 2.14 bits per heavy atom. The molecule has 0 aliphatic heterocycles. The molecule has 0 bridgehead atoms. The SMILES string of the molecule is COCC[N+](CCNC(=O)c1cccc2c(N)c3cccc(C)c3nc12)(CCOC)Cc1ccc([NH+]([O-])O)cc1.Cl.Cl. The van der Waals surface area contributed by atoms with Crippen molar-refractivity contribution in [3.05, 3.63) is 82.6 Å². The van der Waals surface area contributed by atoms with Crippen molar-refractivity contribution in [1.82, 2.24) is 10.3 Å². The molecule has 1 aromatic heterocycles. The number of aromatic nitrogens is 1. The molecule has 0 spiro atoms. The van der Waals surface area contributed by atoms with E-state index >= 15 is 0 Å². The number of ether oxygens (including phenoxy) is 2. The first-order valence-electron chi connectivity index (χ1n) is 13.3. The molecule has 0 radical (unpaired) electrons. The van der Waals surface area contributed by atoms with Crippen LogP contribution in [0.3, 0.4) is 0 Å². The Morgan fingerprint density at radius 1 is 0.952 bits per heavy atom. The highest BCUT2D eigenvalue weighted by Gasteiger charge is 2.28. The van der Waals surface area contributed by atoms with Gasteiger partial charge >= 0.3 is 0 Å². The monoisotopic (exact) mass is 620 g/mol. The number of quaternary nitrogens is 2. The van der Waals surface area contributed by atoms with Gasteiger partial charge in [-0.05, 0) is 30.7 Å². The van der Waals surface area contributed by atoms with Crippen LogP contribution in [0.5, 0.6) is 0 Å². The van der Waals surface area contributed by atoms with E-state index in [9.17, 15) is 15.2 Å². The molecule has 0 aliphatic carbocycles. The molecule has 4 rings (SSSR count). The summed E-state index contributed by atoms with van der Waals surface area (Å²) < 4.78 is 11.4. The number of benzene rings is 3.